The lowest BCUT2D eigenvalue weighted by molar-refractivity contribution is -0.161. The lowest BCUT2D eigenvalue weighted by atomic mass is 9.79. The number of carbonyl (C=O) groups excluding carboxylic acids is 2. The van der Waals surface area contributed by atoms with Crippen molar-refractivity contribution in [2.75, 3.05) is 33.2 Å². The highest BCUT2D eigenvalue weighted by atomic mass is 16.2. The van der Waals surface area contributed by atoms with Crippen LogP contribution in [0.5, 0.6) is 0 Å². The summed E-state index contributed by atoms with van der Waals surface area (Å²) < 4.78 is 0. The maximum atomic E-state index is 12.6. The molecule has 2 saturated heterocycles. The Balaban J connectivity index is 1.45. The zero-order valence-electron chi connectivity index (χ0n) is 15.1. The minimum atomic E-state index is -0.268. The highest BCUT2D eigenvalue weighted by Crippen LogP contribution is 2.34. The molecule has 0 radical (unpaired) electrons. The van der Waals surface area contributed by atoms with Crippen LogP contribution in [0, 0.1) is 5.41 Å². The smallest absolute Gasteiger partial charge is 0.314 e. The lowest BCUT2D eigenvalue weighted by Crippen LogP contribution is -2.64. The standard InChI is InChI=1S/C19H28N4O2/c1-19(13-22-10-8-16(9-11-22)21-18(25)20-2)14-23(17(19)24)12-15-6-4-3-5-7-15/h3-7,16H,8-14H2,1-2H3,(H2,20,21,25). The molecule has 0 aromatic heterocycles. The highest BCUT2D eigenvalue weighted by Gasteiger charge is 2.48. The van der Waals surface area contributed by atoms with Crippen LogP contribution >= 0.6 is 0 Å². The molecule has 25 heavy (non-hydrogen) atoms. The topological polar surface area (TPSA) is 64.7 Å². The van der Waals surface area contributed by atoms with Crippen molar-refractivity contribution in [3.05, 3.63) is 35.9 Å². The van der Waals surface area contributed by atoms with E-state index in [0.29, 0.717) is 6.54 Å². The van der Waals surface area contributed by atoms with Gasteiger partial charge in [-0.05, 0) is 25.3 Å². The molecule has 0 spiro atoms. The van der Waals surface area contributed by atoms with Crippen molar-refractivity contribution >= 4 is 11.9 Å². The van der Waals surface area contributed by atoms with Gasteiger partial charge in [-0.3, -0.25) is 4.79 Å². The number of amides is 3. The summed E-state index contributed by atoms with van der Waals surface area (Å²) in [5.74, 6) is 0.252. The first kappa shape index (κ1) is 17.7. The van der Waals surface area contributed by atoms with Crippen LogP contribution in [-0.2, 0) is 11.3 Å². The van der Waals surface area contributed by atoms with E-state index >= 15 is 0 Å². The number of benzene rings is 1. The van der Waals surface area contributed by atoms with Crippen LogP contribution in [-0.4, -0.2) is 61.0 Å². The van der Waals surface area contributed by atoms with E-state index in [-0.39, 0.29) is 23.4 Å². The van der Waals surface area contributed by atoms with Crippen molar-refractivity contribution in [2.24, 2.45) is 5.41 Å². The minimum absolute atomic E-state index is 0.115. The van der Waals surface area contributed by atoms with Crippen LogP contribution in [0.4, 0.5) is 4.79 Å². The second-order valence-corrected chi connectivity index (χ2v) is 7.48. The number of β-lactam (4-membered cyclic amide) rings is 1. The molecule has 0 bridgehead atoms. The quantitative estimate of drug-likeness (QED) is 0.794. The van der Waals surface area contributed by atoms with Crippen LogP contribution in [0.1, 0.15) is 25.3 Å². The molecule has 1 aromatic carbocycles. The first-order chi connectivity index (χ1) is 12.0. The third-order valence-corrected chi connectivity index (χ3v) is 5.28. The normalized spacial score (nSPS) is 24.7. The molecule has 2 aliphatic rings. The van der Waals surface area contributed by atoms with Crippen molar-refractivity contribution in [1.82, 2.24) is 20.4 Å². The SMILES string of the molecule is CNC(=O)NC1CCN(CC2(C)CN(Cc3ccccc3)C2=O)CC1. The first-order valence-corrected chi connectivity index (χ1v) is 9.04. The van der Waals surface area contributed by atoms with Crippen LogP contribution in [0.25, 0.3) is 0 Å². The second-order valence-electron chi connectivity index (χ2n) is 7.48. The van der Waals surface area contributed by atoms with Crippen molar-refractivity contribution in [2.45, 2.75) is 32.4 Å². The van der Waals surface area contributed by atoms with Crippen LogP contribution in [0.15, 0.2) is 30.3 Å². The molecule has 6 heteroatoms. The molecule has 0 aliphatic carbocycles. The average Bonchev–Trinajstić information content (AvgIpc) is 2.63. The molecule has 1 unspecified atom stereocenters. The van der Waals surface area contributed by atoms with Gasteiger partial charge in [-0.25, -0.2) is 4.79 Å². The molecule has 2 heterocycles. The third-order valence-electron chi connectivity index (χ3n) is 5.28. The number of urea groups is 1. The average molecular weight is 344 g/mol. The largest absolute Gasteiger partial charge is 0.341 e. The second kappa shape index (κ2) is 7.44. The van der Waals surface area contributed by atoms with Crippen LogP contribution in [0.3, 0.4) is 0 Å². The lowest BCUT2D eigenvalue weighted by Gasteiger charge is -2.49. The molecule has 6 nitrogen and oxygen atoms in total. The van der Waals surface area contributed by atoms with E-state index in [4.69, 9.17) is 0 Å². The van der Waals surface area contributed by atoms with Gasteiger partial charge in [0.2, 0.25) is 5.91 Å². The van der Waals surface area contributed by atoms with Crippen LogP contribution in [0.2, 0.25) is 0 Å². The number of hydrogen-bond donors (Lipinski definition) is 2. The Morgan fingerprint density at radius 1 is 1.24 bits per heavy atom. The Morgan fingerprint density at radius 2 is 1.92 bits per heavy atom. The zero-order valence-corrected chi connectivity index (χ0v) is 15.1. The molecule has 1 atom stereocenters. The molecule has 1 aromatic rings. The summed E-state index contributed by atoms with van der Waals surface area (Å²) in [6.07, 6.45) is 1.87. The number of nitrogens with zero attached hydrogens (tertiary/aromatic N) is 2. The fourth-order valence-electron chi connectivity index (χ4n) is 3.89. The van der Waals surface area contributed by atoms with E-state index in [1.54, 1.807) is 7.05 Å². The number of piperidine rings is 1. The number of rotatable bonds is 5. The maximum Gasteiger partial charge on any atom is 0.314 e. The Morgan fingerprint density at radius 3 is 2.52 bits per heavy atom. The van der Waals surface area contributed by atoms with Gasteiger partial charge in [-0.15, -0.1) is 0 Å². The third kappa shape index (κ3) is 4.12. The molecule has 0 saturated carbocycles. The van der Waals surface area contributed by atoms with Gasteiger partial charge in [0.05, 0.1) is 5.41 Å². The van der Waals surface area contributed by atoms with E-state index in [1.807, 2.05) is 23.1 Å². The summed E-state index contributed by atoms with van der Waals surface area (Å²) in [7, 11) is 1.63. The summed E-state index contributed by atoms with van der Waals surface area (Å²) in [5, 5.41) is 5.57. The Kier molecular flexibility index (Phi) is 5.27. The fourth-order valence-corrected chi connectivity index (χ4v) is 3.89. The van der Waals surface area contributed by atoms with Gasteiger partial charge in [0.1, 0.15) is 0 Å². The van der Waals surface area contributed by atoms with E-state index in [9.17, 15) is 9.59 Å². The fraction of sp³-hybridized carbons (Fsp3) is 0.579. The molecule has 2 fully saturated rings. The minimum Gasteiger partial charge on any atom is -0.341 e. The van der Waals surface area contributed by atoms with Crippen molar-refractivity contribution in [3.8, 4) is 0 Å². The molecular formula is C19H28N4O2. The predicted molar refractivity (Wildman–Crippen MR) is 97.0 cm³/mol. The zero-order chi connectivity index (χ0) is 17.9. The highest BCUT2D eigenvalue weighted by molar-refractivity contribution is 5.88. The van der Waals surface area contributed by atoms with E-state index in [2.05, 4.69) is 34.6 Å². The molecule has 3 rings (SSSR count). The monoisotopic (exact) mass is 344 g/mol. The Labute approximate surface area is 149 Å². The van der Waals surface area contributed by atoms with Gasteiger partial charge in [0.25, 0.3) is 0 Å². The maximum absolute atomic E-state index is 12.6. The number of nitrogens with one attached hydrogen (secondary N) is 2. The predicted octanol–water partition coefficient (Wildman–Crippen LogP) is 1.43. The summed E-state index contributed by atoms with van der Waals surface area (Å²) in [6, 6.07) is 10.3. The summed E-state index contributed by atoms with van der Waals surface area (Å²) in [4.78, 5) is 28.3. The van der Waals surface area contributed by atoms with Crippen LogP contribution < -0.4 is 10.6 Å². The van der Waals surface area contributed by atoms with Gasteiger partial charge in [-0.1, -0.05) is 30.3 Å². The molecule has 136 valence electrons. The first-order valence-electron chi connectivity index (χ1n) is 9.04. The van der Waals surface area contributed by atoms with Gasteiger partial charge in [0, 0.05) is 45.8 Å². The number of likely N-dealkylation sites (tertiary alicyclic amines) is 2. The molecule has 2 aliphatic heterocycles. The summed E-state index contributed by atoms with van der Waals surface area (Å²) >= 11 is 0. The number of hydrogen-bond acceptors (Lipinski definition) is 3. The van der Waals surface area contributed by atoms with Crippen molar-refractivity contribution in [3.63, 3.8) is 0 Å². The summed E-state index contributed by atoms with van der Waals surface area (Å²) in [6.45, 7) is 6.26. The van der Waals surface area contributed by atoms with E-state index in [0.717, 1.165) is 39.0 Å². The summed E-state index contributed by atoms with van der Waals surface area (Å²) in [5.41, 5.74) is 0.912. The van der Waals surface area contributed by atoms with Gasteiger partial charge < -0.3 is 20.4 Å². The van der Waals surface area contributed by atoms with E-state index in [1.165, 1.54) is 5.56 Å². The van der Waals surface area contributed by atoms with Gasteiger partial charge >= 0.3 is 6.03 Å². The van der Waals surface area contributed by atoms with Crippen molar-refractivity contribution < 1.29 is 9.59 Å². The van der Waals surface area contributed by atoms with Crippen molar-refractivity contribution in [1.29, 1.82) is 0 Å². The van der Waals surface area contributed by atoms with Gasteiger partial charge in [-0.2, -0.15) is 0 Å². The van der Waals surface area contributed by atoms with E-state index < -0.39 is 0 Å². The Hall–Kier alpha value is -2.08. The Bertz CT molecular complexity index is 613. The number of carbonyl (C=O) groups is 2. The van der Waals surface area contributed by atoms with Gasteiger partial charge in [0.15, 0.2) is 0 Å². The molecular weight excluding hydrogens is 316 g/mol. The molecule has 2 N–H and O–H groups in total. The molecule has 3 amide bonds.